The fourth-order valence-corrected chi connectivity index (χ4v) is 7.12. The van der Waals surface area contributed by atoms with Crippen LogP contribution in [0.2, 0.25) is 17.5 Å². The van der Waals surface area contributed by atoms with Gasteiger partial charge in [-0.2, -0.15) is 0 Å². The van der Waals surface area contributed by atoms with E-state index < -0.39 is 0 Å². The third kappa shape index (κ3) is 1.72. The molecule has 3 saturated carbocycles. The fraction of sp³-hybridized carbons (Fsp3) is 1.00. The molecule has 5 fully saturated rings. The zero-order valence-electron chi connectivity index (χ0n) is 13.2. The average molecular weight is 258 g/mol. The molecule has 0 amide bonds. The van der Waals surface area contributed by atoms with Gasteiger partial charge >= 0.3 is 0 Å². The largest absolute Gasteiger partial charge is 0.149 e. The predicted octanol–water partition coefficient (Wildman–Crippen LogP) is 5.66. The molecule has 2 heterocycles. The molecule has 2 aliphatic heterocycles. The number of fused-ring (bicyclic) bond motifs is 5. The van der Waals surface area contributed by atoms with E-state index in [-0.39, 0.29) is 0 Å². The highest BCUT2D eigenvalue weighted by Gasteiger charge is 2.59. The van der Waals surface area contributed by atoms with Crippen molar-refractivity contribution in [1.82, 2.24) is 0 Å². The lowest BCUT2D eigenvalue weighted by atomic mass is 9.18. The first-order valence-electron chi connectivity index (χ1n) is 9.09. The monoisotopic (exact) mass is 258 g/mol. The van der Waals surface area contributed by atoms with Crippen LogP contribution < -0.4 is 0 Å². The second-order valence-electron chi connectivity index (χ2n) is 9.08. The van der Waals surface area contributed by atoms with E-state index in [9.17, 15) is 0 Å². The molecule has 0 aromatic heterocycles. The average Bonchev–Trinajstić information content (AvgIpc) is 2.37. The van der Waals surface area contributed by atoms with Crippen LogP contribution in [-0.2, 0) is 0 Å². The van der Waals surface area contributed by atoms with Crippen molar-refractivity contribution < 1.29 is 0 Å². The molecule has 0 spiro atoms. The molecule has 19 heavy (non-hydrogen) atoms. The quantitative estimate of drug-likeness (QED) is 0.532. The van der Waals surface area contributed by atoms with E-state index >= 15 is 0 Å². The SMILES string of the molecule is C[C@H]1C(B2C3CCCC2CCC3)C[C@H]2C[C@H]1C2(C)C. The molecule has 0 N–H and O–H groups in total. The van der Waals surface area contributed by atoms with Gasteiger partial charge in [0.15, 0.2) is 0 Å². The van der Waals surface area contributed by atoms with E-state index in [0.29, 0.717) is 5.41 Å². The summed E-state index contributed by atoms with van der Waals surface area (Å²) in [6, 6.07) is 0. The smallest absolute Gasteiger partial charge is 0.0626 e. The van der Waals surface area contributed by atoms with E-state index in [4.69, 9.17) is 0 Å². The van der Waals surface area contributed by atoms with Gasteiger partial charge in [0, 0.05) is 0 Å². The molecular weight excluding hydrogens is 227 g/mol. The number of hydrogen-bond donors (Lipinski definition) is 0. The van der Waals surface area contributed by atoms with Crippen molar-refractivity contribution in [2.45, 2.75) is 89.6 Å². The molecule has 1 heteroatoms. The summed E-state index contributed by atoms with van der Waals surface area (Å²) in [6.45, 7) is 8.87. The van der Waals surface area contributed by atoms with Crippen LogP contribution in [0, 0.1) is 23.2 Å². The second kappa shape index (κ2) is 4.28. The van der Waals surface area contributed by atoms with Gasteiger partial charge < -0.3 is 0 Å². The Morgan fingerprint density at radius 3 is 1.95 bits per heavy atom. The van der Waals surface area contributed by atoms with Crippen LogP contribution in [0.1, 0.15) is 72.1 Å². The van der Waals surface area contributed by atoms with Crippen LogP contribution in [0.25, 0.3) is 0 Å². The van der Waals surface area contributed by atoms with E-state index in [1.807, 2.05) is 0 Å². The Morgan fingerprint density at radius 1 is 0.895 bits per heavy atom. The van der Waals surface area contributed by atoms with Gasteiger partial charge in [-0.25, -0.2) is 0 Å². The number of rotatable bonds is 1. The first-order chi connectivity index (χ1) is 9.09. The van der Waals surface area contributed by atoms with Gasteiger partial charge in [-0.1, -0.05) is 83.2 Å². The van der Waals surface area contributed by atoms with Gasteiger partial charge in [-0.3, -0.25) is 0 Å². The standard InChI is InChI=1S/C18H31B/c1-12-16-10-13(18(16,2)3)11-17(12)19-14-6-4-7-15(19)9-5-8-14/h12-17H,4-11H2,1-3H3/t12-,13-,14?,15?,16-,17?/m1/s1. The zero-order chi connectivity index (χ0) is 13.2. The molecule has 0 aromatic carbocycles. The van der Waals surface area contributed by atoms with E-state index in [2.05, 4.69) is 20.8 Å². The molecule has 5 rings (SSSR count). The molecule has 0 aromatic rings. The second-order valence-corrected chi connectivity index (χ2v) is 9.08. The highest BCUT2D eigenvalue weighted by molar-refractivity contribution is 6.64. The topological polar surface area (TPSA) is 0 Å². The van der Waals surface area contributed by atoms with Gasteiger partial charge in [0.05, 0.1) is 0 Å². The van der Waals surface area contributed by atoms with Crippen molar-refractivity contribution in [3.05, 3.63) is 0 Å². The third-order valence-corrected chi connectivity index (χ3v) is 8.30. The molecular formula is C18H31B. The Bertz CT molecular complexity index is 339. The lowest BCUT2D eigenvalue weighted by Crippen LogP contribution is -2.57. The Balaban J connectivity index is 1.57. The lowest BCUT2D eigenvalue weighted by Gasteiger charge is -2.64. The molecule has 0 radical (unpaired) electrons. The lowest BCUT2D eigenvalue weighted by molar-refractivity contribution is -0.0998. The summed E-state index contributed by atoms with van der Waals surface area (Å²) < 4.78 is 0. The zero-order valence-corrected chi connectivity index (χ0v) is 13.2. The van der Waals surface area contributed by atoms with Crippen molar-refractivity contribution in [3.8, 4) is 0 Å². The Labute approximate surface area is 120 Å². The van der Waals surface area contributed by atoms with E-state index in [0.717, 1.165) is 41.9 Å². The Morgan fingerprint density at radius 2 is 1.47 bits per heavy atom. The minimum atomic E-state index is 0.680. The maximum atomic E-state index is 2.62. The molecule has 4 bridgehead atoms. The summed E-state index contributed by atoms with van der Waals surface area (Å²) in [5.41, 5.74) is 0.680. The molecule has 4 atom stereocenters. The highest BCUT2D eigenvalue weighted by atomic mass is 14.6. The summed E-state index contributed by atoms with van der Waals surface area (Å²) in [5, 5.41) is 0. The van der Waals surface area contributed by atoms with Crippen molar-refractivity contribution in [2.75, 3.05) is 0 Å². The van der Waals surface area contributed by atoms with Crippen LogP contribution in [-0.4, -0.2) is 6.71 Å². The Kier molecular flexibility index (Phi) is 2.88. The van der Waals surface area contributed by atoms with Crippen molar-refractivity contribution >= 4 is 6.71 Å². The van der Waals surface area contributed by atoms with Crippen LogP contribution in [0.15, 0.2) is 0 Å². The normalized spacial score (nSPS) is 51.6. The maximum Gasteiger partial charge on any atom is 0.149 e. The minimum absolute atomic E-state index is 0.680. The fourth-order valence-electron chi connectivity index (χ4n) is 7.12. The molecule has 1 unspecified atom stereocenters. The van der Waals surface area contributed by atoms with Gasteiger partial charge in [0.1, 0.15) is 6.71 Å². The van der Waals surface area contributed by atoms with Crippen LogP contribution in [0.5, 0.6) is 0 Å². The molecule has 5 aliphatic rings. The summed E-state index contributed by atoms with van der Waals surface area (Å²) in [4.78, 5) is 0. The first-order valence-corrected chi connectivity index (χ1v) is 9.09. The summed E-state index contributed by atoms with van der Waals surface area (Å²) >= 11 is 0. The maximum absolute atomic E-state index is 2.62. The predicted molar refractivity (Wildman–Crippen MR) is 83.9 cm³/mol. The van der Waals surface area contributed by atoms with Crippen molar-refractivity contribution in [2.24, 2.45) is 23.2 Å². The molecule has 106 valence electrons. The van der Waals surface area contributed by atoms with Crippen molar-refractivity contribution in [3.63, 3.8) is 0 Å². The first kappa shape index (κ1) is 12.8. The summed E-state index contributed by atoms with van der Waals surface area (Å²) in [5.74, 6) is 6.50. The molecule has 3 aliphatic carbocycles. The molecule has 0 nitrogen and oxygen atoms in total. The third-order valence-electron chi connectivity index (χ3n) is 8.30. The van der Waals surface area contributed by atoms with E-state index in [1.165, 1.54) is 0 Å². The van der Waals surface area contributed by atoms with Gasteiger partial charge in [-0.15, -0.1) is 0 Å². The number of hydrogen-bond acceptors (Lipinski definition) is 0. The van der Waals surface area contributed by atoms with Crippen molar-refractivity contribution in [1.29, 1.82) is 0 Å². The van der Waals surface area contributed by atoms with Gasteiger partial charge in [-0.05, 0) is 29.6 Å². The van der Waals surface area contributed by atoms with Crippen LogP contribution in [0.3, 0.4) is 0 Å². The molecule has 2 saturated heterocycles. The van der Waals surface area contributed by atoms with Crippen LogP contribution >= 0.6 is 0 Å². The highest BCUT2D eigenvalue weighted by Crippen LogP contribution is 2.67. The van der Waals surface area contributed by atoms with Crippen LogP contribution in [0.4, 0.5) is 0 Å². The summed E-state index contributed by atoms with van der Waals surface area (Å²) in [7, 11) is 0. The van der Waals surface area contributed by atoms with E-state index in [1.54, 1.807) is 51.4 Å². The minimum Gasteiger partial charge on any atom is -0.0626 e. The summed E-state index contributed by atoms with van der Waals surface area (Å²) in [6.07, 6.45) is 12.5. The van der Waals surface area contributed by atoms with Gasteiger partial charge in [0.25, 0.3) is 0 Å². The van der Waals surface area contributed by atoms with Gasteiger partial charge in [0.2, 0.25) is 0 Å². The Hall–Kier alpha value is 0.0649.